The molecule has 0 aromatic carbocycles. The normalized spacial score (nSPS) is 20.1. The Morgan fingerprint density at radius 1 is 1.27 bits per heavy atom. The average molecular weight is 212 g/mol. The summed E-state index contributed by atoms with van der Waals surface area (Å²) in [4.78, 5) is 11.6. The molecule has 0 radical (unpaired) electrons. The van der Waals surface area contributed by atoms with Crippen molar-refractivity contribution in [2.75, 3.05) is 6.54 Å². The van der Waals surface area contributed by atoms with Crippen LogP contribution >= 0.6 is 0 Å². The zero-order valence-corrected chi connectivity index (χ0v) is 10.3. The van der Waals surface area contributed by atoms with E-state index < -0.39 is 0 Å². The summed E-state index contributed by atoms with van der Waals surface area (Å²) in [7, 11) is 0. The molecule has 2 unspecified atom stereocenters. The van der Waals surface area contributed by atoms with Crippen molar-refractivity contribution in [3.05, 3.63) is 0 Å². The monoisotopic (exact) mass is 212 g/mol. The van der Waals surface area contributed by atoms with Gasteiger partial charge in [-0.15, -0.1) is 0 Å². The standard InChI is InChI=1S/C12H24N2O/c1-8(2)9(3)7-13-10(4)12(15)14-11-5-6-11/h8-11,13H,5-7H2,1-4H3,(H,14,15). The molecule has 1 aliphatic rings. The summed E-state index contributed by atoms with van der Waals surface area (Å²) in [5.41, 5.74) is 0. The van der Waals surface area contributed by atoms with Crippen molar-refractivity contribution < 1.29 is 4.79 Å². The highest BCUT2D eigenvalue weighted by Gasteiger charge is 2.25. The van der Waals surface area contributed by atoms with E-state index in [1.165, 1.54) is 0 Å². The van der Waals surface area contributed by atoms with Gasteiger partial charge in [-0.3, -0.25) is 4.79 Å². The Morgan fingerprint density at radius 3 is 2.33 bits per heavy atom. The van der Waals surface area contributed by atoms with E-state index in [2.05, 4.69) is 31.4 Å². The third-order valence-electron chi connectivity index (χ3n) is 3.20. The van der Waals surface area contributed by atoms with E-state index in [0.717, 1.165) is 19.4 Å². The van der Waals surface area contributed by atoms with Gasteiger partial charge in [-0.25, -0.2) is 0 Å². The lowest BCUT2D eigenvalue weighted by Gasteiger charge is -2.19. The molecule has 1 aliphatic carbocycles. The predicted molar refractivity (Wildman–Crippen MR) is 62.6 cm³/mol. The predicted octanol–water partition coefficient (Wildman–Crippen LogP) is 1.54. The molecule has 88 valence electrons. The fourth-order valence-corrected chi connectivity index (χ4v) is 1.24. The maximum Gasteiger partial charge on any atom is 0.237 e. The minimum Gasteiger partial charge on any atom is -0.352 e. The SMILES string of the molecule is CC(NCC(C)C(C)C)C(=O)NC1CC1. The Kier molecular flexibility index (Phi) is 4.58. The quantitative estimate of drug-likeness (QED) is 0.701. The Morgan fingerprint density at radius 2 is 1.87 bits per heavy atom. The molecule has 3 heteroatoms. The number of hydrogen-bond acceptors (Lipinski definition) is 2. The summed E-state index contributed by atoms with van der Waals surface area (Å²) in [6, 6.07) is 0.399. The summed E-state index contributed by atoms with van der Waals surface area (Å²) in [6.07, 6.45) is 2.31. The molecule has 0 aliphatic heterocycles. The largest absolute Gasteiger partial charge is 0.352 e. The lowest BCUT2D eigenvalue weighted by atomic mass is 9.98. The van der Waals surface area contributed by atoms with Crippen molar-refractivity contribution in [3.63, 3.8) is 0 Å². The van der Waals surface area contributed by atoms with Gasteiger partial charge in [-0.1, -0.05) is 20.8 Å². The second kappa shape index (κ2) is 5.50. The van der Waals surface area contributed by atoms with Gasteiger partial charge in [0.1, 0.15) is 0 Å². The van der Waals surface area contributed by atoms with Crippen LogP contribution in [0.3, 0.4) is 0 Å². The van der Waals surface area contributed by atoms with Gasteiger partial charge in [0.2, 0.25) is 5.91 Å². The first-order valence-corrected chi connectivity index (χ1v) is 6.04. The van der Waals surface area contributed by atoms with E-state index in [4.69, 9.17) is 0 Å². The van der Waals surface area contributed by atoms with E-state index in [9.17, 15) is 4.79 Å². The Hall–Kier alpha value is -0.570. The minimum absolute atomic E-state index is 0.0631. The zero-order chi connectivity index (χ0) is 11.4. The fraction of sp³-hybridized carbons (Fsp3) is 0.917. The van der Waals surface area contributed by atoms with Gasteiger partial charge in [0, 0.05) is 6.04 Å². The molecule has 2 atom stereocenters. The fourth-order valence-electron chi connectivity index (χ4n) is 1.24. The van der Waals surface area contributed by atoms with Crippen LogP contribution in [0.5, 0.6) is 0 Å². The van der Waals surface area contributed by atoms with Crippen molar-refractivity contribution in [1.29, 1.82) is 0 Å². The number of rotatable bonds is 6. The highest BCUT2D eigenvalue weighted by Crippen LogP contribution is 2.18. The average Bonchev–Trinajstić information content (AvgIpc) is 2.96. The van der Waals surface area contributed by atoms with Gasteiger partial charge in [0.25, 0.3) is 0 Å². The molecule has 0 aromatic heterocycles. The van der Waals surface area contributed by atoms with Crippen LogP contribution in [0.2, 0.25) is 0 Å². The first-order chi connectivity index (χ1) is 7.00. The molecular weight excluding hydrogens is 188 g/mol. The number of carbonyl (C=O) groups excluding carboxylic acids is 1. The number of amides is 1. The van der Waals surface area contributed by atoms with Gasteiger partial charge in [0.05, 0.1) is 6.04 Å². The van der Waals surface area contributed by atoms with E-state index in [0.29, 0.717) is 17.9 Å². The molecule has 0 aromatic rings. The van der Waals surface area contributed by atoms with Crippen molar-refractivity contribution in [1.82, 2.24) is 10.6 Å². The van der Waals surface area contributed by atoms with Crippen LogP contribution in [-0.2, 0) is 4.79 Å². The van der Waals surface area contributed by atoms with Gasteiger partial charge < -0.3 is 10.6 Å². The maximum atomic E-state index is 11.6. The smallest absolute Gasteiger partial charge is 0.237 e. The summed E-state index contributed by atoms with van der Waals surface area (Å²) in [5, 5.41) is 6.29. The number of carbonyl (C=O) groups is 1. The molecule has 1 fully saturated rings. The van der Waals surface area contributed by atoms with Crippen LogP contribution in [0, 0.1) is 11.8 Å². The molecule has 1 saturated carbocycles. The molecule has 3 nitrogen and oxygen atoms in total. The van der Waals surface area contributed by atoms with E-state index >= 15 is 0 Å². The topological polar surface area (TPSA) is 41.1 Å². The van der Waals surface area contributed by atoms with Gasteiger partial charge >= 0.3 is 0 Å². The van der Waals surface area contributed by atoms with E-state index in [1.54, 1.807) is 0 Å². The molecule has 2 N–H and O–H groups in total. The highest BCUT2D eigenvalue weighted by atomic mass is 16.2. The second-order valence-corrected chi connectivity index (χ2v) is 5.13. The van der Waals surface area contributed by atoms with E-state index in [1.807, 2.05) is 6.92 Å². The lowest BCUT2D eigenvalue weighted by molar-refractivity contribution is -0.122. The Labute approximate surface area is 93.0 Å². The van der Waals surface area contributed by atoms with Crippen molar-refractivity contribution in [2.45, 2.75) is 52.6 Å². The molecular formula is C12H24N2O. The molecule has 0 heterocycles. The third kappa shape index (κ3) is 4.65. The maximum absolute atomic E-state index is 11.6. The summed E-state index contributed by atoms with van der Waals surface area (Å²) >= 11 is 0. The van der Waals surface area contributed by atoms with Crippen molar-refractivity contribution in [2.24, 2.45) is 11.8 Å². The molecule has 0 bridgehead atoms. The van der Waals surface area contributed by atoms with Gasteiger partial charge in [0.15, 0.2) is 0 Å². The van der Waals surface area contributed by atoms with Crippen LogP contribution in [-0.4, -0.2) is 24.5 Å². The summed E-state index contributed by atoms with van der Waals surface area (Å²) in [5.74, 6) is 1.42. The van der Waals surface area contributed by atoms with Crippen LogP contribution in [0.15, 0.2) is 0 Å². The number of nitrogens with one attached hydrogen (secondary N) is 2. The summed E-state index contributed by atoms with van der Waals surface area (Å²) in [6.45, 7) is 9.48. The van der Waals surface area contributed by atoms with Crippen LogP contribution in [0.1, 0.15) is 40.5 Å². The molecule has 1 amide bonds. The first-order valence-electron chi connectivity index (χ1n) is 6.04. The zero-order valence-electron chi connectivity index (χ0n) is 10.3. The van der Waals surface area contributed by atoms with Gasteiger partial charge in [-0.05, 0) is 38.1 Å². The Balaban J connectivity index is 2.16. The van der Waals surface area contributed by atoms with Crippen molar-refractivity contribution >= 4 is 5.91 Å². The second-order valence-electron chi connectivity index (χ2n) is 5.13. The number of hydrogen-bond donors (Lipinski definition) is 2. The minimum atomic E-state index is -0.0631. The Bertz CT molecular complexity index is 212. The van der Waals surface area contributed by atoms with E-state index in [-0.39, 0.29) is 11.9 Å². The highest BCUT2D eigenvalue weighted by molar-refractivity contribution is 5.81. The van der Waals surface area contributed by atoms with Gasteiger partial charge in [-0.2, -0.15) is 0 Å². The molecule has 15 heavy (non-hydrogen) atoms. The first kappa shape index (κ1) is 12.5. The lowest BCUT2D eigenvalue weighted by Crippen LogP contribution is -2.44. The van der Waals surface area contributed by atoms with Crippen LogP contribution < -0.4 is 10.6 Å². The van der Waals surface area contributed by atoms with Crippen molar-refractivity contribution in [3.8, 4) is 0 Å². The molecule has 0 spiro atoms. The molecule has 1 rings (SSSR count). The molecule has 0 saturated heterocycles. The van der Waals surface area contributed by atoms with Crippen LogP contribution in [0.4, 0.5) is 0 Å². The third-order valence-corrected chi connectivity index (χ3v) is 3.20. The van der Waals surface area contributed by atoms with Crippen LogP contribution in [0.25, 0.3) is 0 Å². The summed E-state index contributed by atoms with van der Waals surface area (Å²) < 4.78 is 0.